The summed E-state index contributed by atoms with van der Waals surface area (Å²) in [7, 11) is 1.54. The number of nitrogens with zero attached hydrogens (tertiary/aromatic N) is 1. The van der Waals surface area contributed by atoms with Crippen LogP contribution in [0.25, 0.3) is 0 Å². The molecule has 1 aliphatic carbocycles. The number of aliphatic hydroxyl groups excluding tert-OH is 1. The van der Waals surface area contributed by atoms with Gasteiger partial charge in [0.15, 0.2) is 5.78 Å². The minimum atomic E-state index is -0.773. The third-order valence-electron chi connectivity index (χ3n) is 5.57. The predicted octanol–water partition coefficient (Wildman–Crippen LogP) is 2.01. The van der Waals surface area contributed by atoms with Gasteiger partial charge in [-0.05, 0) is 59.8 Å². The van der Waals surface area contributed by atoms with Crippen LogP contribution in [0, 0.1) is 5.92 Å². The fourth-order valence-corrected chi connectivity index (χ4v) is 4.10. The standard InChI is InChI=1S/C19H32N2O5/c1-12(22)14(16(24)20-5)7-6-13-8-10-19(11-9-15(19)23)21(13)17(25)26-18(2,3)4/h12-14,22H,6-11H2,1-5H3,(H,20,24)/t12-,13?,14+,19?/m1/s1. The van der Waals surface area contributed by atoms with Crippen LogP contribution in [-0.4, -0.2) is 58.1 Å². The maximum absolute atomic E-state index is 12.8. The quantitative estimate of drug-likeness (QED) is 0.774. The van der Waals surface area contributed by atoms with Crippen molar-refractivity contribution in [1.82, 2.24) is 10.2 Å². The zero-order valence-electron chi connectivity index (χ0n) is 16.5. The van der Waals surface area contributed by atoms with Crippen molar-refractivity contribution in [3.8, 4) is 0 Å². The van der Waals surface area contributed by atoms with E-state index in [1.807, 2.05) is 0 Å². The summed E-state index contributed by atoms with van der Waals surface area (Å²) in [6.45, 7) is 7.01. The number of ether oxygens (including phenoxy) is 1. The van der Waals surface area contributed by atoms with Crippen LogP contribution in [0.2, 0.25) is 0 Å². The molecule has 2 amide bonds. The third kappa shape index (κ3) is 4.03. The van der Waals surface area contributed by atoms with Crippen molar-refractivity contribution in [2.45, 2.75) is 89.5 Å². The van der Waals surface area contributed by atoms with Gasteiger partial charge in [0.1, 0.15) is 11.1 Å². The van der Waals surface area contributed by atoms with Gasteiger partial charge in [-0.25, -0.2) is 4.79 Å². The number of amides is 2. The highest BCUT2D eigenvalue weighted by atomic mass is 16.6. The molecule has 1 saturated carbocycles. The Morgan fingerprint density at radius 3 is 2.46 bits per heavy atom. The second-order valence-corrected chi connectivity index (χ2v) is 8.54. The predicted molar refractivity (Wildman–Crippen MR) is 96.5 cm³/mol. The van der Waals surface area contributed by atoms with Gasteiger partial charge in [0, 0.05) is 19.5 Å². The summed E-state index contributed by atoms with van der Waals surface area (Å²) >= 11 is 0. The zero-order valence-corrected chi connectivity index (χ0v) is 16.5. The minimum Gasteiger partial charge on any atom is -0.444 e. The maximum Gasteiger partial charge on any atom is 0.411 e. The van der Waals surface area contributed by atoms with Crippen molar-refractivity contribution in [2.24, 2.45) is 5.92 Å². The van der Waals surface area contributed by atoms with Gasteiger partial charge in [-0.2, -0.15) is 0 Å². The lowest BCUT2D eigenvalue weighted by molar-refractivity contribution is -0.140. The van der Waals surface area contributed by atoms with Crippen LogP contribution in [0.3, 0.4) is 0 Å². The third-order valence-corrected chi connectivity index (χ3v) is 5.57. The van der Waals surface area contributed by atoms with E-state index in [4.69, 9.17) is 4.74 Å². The molecule has 2 N–H and O–H groups in total. The van der Waals surface area contributed by atoms with E-state index in [0.717, 1.165) is 0 Å². The molecule has 7 heteroatoms. The van der Waals surface area contributed by atoms with Gasteiger partial charge in [0.05, 0.1) is 12.0 Å². The van der Waals surface area contributed by atoms with E-state index in [1.54, 1.807) is 39.6 Å². The summed E-state index contributed by atoms with van der Waals surface area (Å²) in [5.74, 6) is -0.644. The van der Waals surface area contributed by atoms with E-state index in [0.29, 0.717) is 38.5 Å². The molecule has 4 atom stereocenters. The van der Waals surface area contributed by atoms with Crippen LogP contribution >= 0.6 is 0 Å². The van der Waals surface area contributed by atoms with Crippen molar-refractivity contribution < 1.29 is 24.2 Å². The van der Waals surface area contributed by atoms with Crippen molar-refractivity contribution in [3.05, 3.63) is 0 Å². The molecule has 0 aromatic heterocycles. The summed E-state index contributed by atoms with van der Waals surface area (Å²) in [6, 6.07) is -0.153. The number of carbonyl (C=O) groups is 3. The lowest BCUT2D eigenvalue weighted by Crippen LogP contribution is -2.61. The number of likely N-dealkylation sites (tertiary alicyclic amines) is 1. The van der Waals surface area contributed by atoms with Gasteiger partial charge < -0.3 is 15.2 Å². The smallest absolute Gasteiger partial charge is 0.411 e. The zero-order chi connectivity index (χ0) is 19.7. The van der Waals surface area contributed by atoms with E-state index in [1.165, 1.54) is 0 Å². The van der Waals surface area contributed by atoms with Gasteiger partial charge in [0.25, 0.3) is 0 Å². The van der Waals surface area contributed by atoms with E-state index in [9.17, 15) is 19.5 Å². The highest BCUT2D eigenvalue weighted by molar-refractivity contribution is 5.97. The molecule has 2 fully saturated rings. The molecule has 26 heavy (non-hydrogen) atoms. The molecule has 2 unspecified atom stereocenters. The van der Waals surface area contributed by atoms with Crippen molar-refractivity contribution in [1.29, 1.82) is 0 Å². The highest BCUT2D eigenvalue weighted by Gasteiger charge is 2.59. The molecule has 0 bridgehead atoms. The minimum absolute atomic E-state index is 0.101. The number of ketones is 1. The Kier molecular flexibility index (Phi) is 6.00. The van der Waals surface area contributed by atoms with Crippen LogP contribution in [0.1, 0.15) is 66.2 Å². The molecule has 1 heterocycles. The Morgan fingerprint density at radius 2 is 2.04 bits per heavy atom. The van der Waals surface area contributed by atoms with E-state index >= 15 is 0 Å². The first-order valence-corrected chi connectivity index (χ1v) is 9.47. The topological polar surface area (TPSA) is 95.9 Å². The van der Waals surface area contributed by atoms with Crippen molar-refractivity contribution in [3.63, 3.8) is 0 Å². The van der Waals surface area contributed by atoms with Gasteiger partial charge in [-0.1, -0.05) is 0 Å². The number of aliphatic hydroxyl groups is 1. The molecular formula is C19H32N2O5. The Morgan fingerprint density at radius 1 is 1.38 bits per heavy atom. The molecule has 2 aliphatic rings. The summed E-state index contributed by atoms with van der Waals surface area (Å²) < 4.78 is 5.56. The number of nitrogens with one attached hydrogen (secondary N) is 1. The Bertz CT molecular complexity index is 569. The molecule has 1 spiro atoms. The number of rotatable bonds is 5. The van der Waals surface area contributed by atoms with E-state index in [2.05, 4.69) is 5.32 Å². The van der Waals surface area contributed by atoms with Crippen LogP contribution in [0.15, 0.2) is 0 Å². The van der Waals surface area contributed by atoms with Crippen LogP contribution in [0.5, 0.6) is 0 Å². The SMILES string of the molecule is CNC(=O)[C@@H](CCC1CCC2(CCC2=O)N1C(=O)OC(C)(C)C)[C@@H](C)O. The Labute approximate surface area is 155 Å². The summed E-state index contributed by atoms with van der Waals surface area (Å²) in [5.41, 5.74) is -1.36. The summed E-state index contributed by atoms with van der Waals surface area (Å²) in [5, 5.41) is 12.5. The monoisotopic (exact) mass is 368 g/mol. The maximum atomic E-state index is 12.8. The summed E-state index contributed by atoms with van der Waals surface area (Å²) in [6.07, 6.45) is 2.31. The van der Waals surface area contributed by atoms with Crippen molar-refractivity contribution >= 4 is 17.8 Å². The van der Waals surface area contributed by atoms with Gasteiger partial charge in [0.2, 0.25) is 5.91 Å². The number of hydrogen-bond acceptors (Lipinski definition) is 5. The lowest BCUT2D eigenvalue weighted by Gasteiger charge is -2.46. The van der Waals surface area contributed by atoms with Crippen molar-refractivity contribution in [2.75, 3.05) is 7.05 Å². The molecular weight excluding hydrogens is 336 g/mol. The highest BCUT2D eigenvalue weighted by Crippen LogP contribution is 2.47. The second-order valence-electron chi connectivity index (χ2n) is 8.54. The Hall–Kier alpha value is -1.63. The van der Waals surface area contributed by atoms with Gasteiger partial charge >= 0.3 is 6.09 Å². The molecule has 2 rings (SSSR count). The normalized spacial score (nSPS) is 27.8. The molecule has 148 valence electrons. The first-order valence-electron chi connectivity index (χ1n) is 9.47. The molecule has 0 aromatic carbocycles. The van der Waals surface area contributed by atoms with Crippen LogP contribution < -0.4 is 5.32 Å². The first-order chi connectivity index (χ1) is 12.0. The Balaban J connectivity index is 2.14. The lowest BCUT2D eigenvalue weighted by atomic mass is 9.73. The average molecular weight is 368 g/mol. The fraction of sp³-hybridized carbons (Fsp3) is 0.842. The van der Waals surface area contributed by atoms with Crippen LogP contribution in [-0.2, 0) is 14.3 Å². The van der Waals surface area contributed by atoms with E-state index in [-0.39, 0.29) is 17.7 Å². The fourth-order valence-electron chi connectivity index (χ4n) is 4.10. The van der Waals surface area contributed by atoms with Crippen LogP contribution in [0.4, 0.5) is 4.79 Å². The van der Waals surface area contributed by atoms with E-state index < -0.39 is 29.3 Å². The molecule has 1 aliphatic heterocycles. The average Bonchev–Trinajstić information content (AvgIpc) is 2.93. The van der Waals surface area contributed by atoms with Gasteiger partial charge in [-0.3, -0.25) is 14.5 Å². The molecule has 0 radical (unpaired) electrons. The van der Waals surface area contributed by atoms with Gasteiger partial charge in [-0.15, -0.1) is 0 Å². The molecule has 1 saturated heterocycles. The number of hydrogen-bond donors (Lipinski definition) is 2. The molecule has 7 nitrogen and oxygen atoms in total. The summed E-state index contributed by atoms with van der Waals surface area (Å²) in [4.78, 5) is 38.8. The molecule has 0 aromatic rings. The largest absolute Gasteiger partial charge is 0.444 e. The first kappa shape index (κ1) is 20.7. The number of Topliss-reactive ketones (excluding diaryl/α,β-unsaturated/α-hetero) is 1. The second kappa shape index (κ2) is 7.55. The number of carbonyl (C=O) groups excluding carboxylic acids is 3.